The Hall–Kier alpha value is -0.410. The Morgan fingerprint density at radius 3 is 2.82 bits per heavy atom. The Bertz CT molecular complexity index is 288. The molecule has 0 spiro atoms. The van der Waals surface area contributed by atoms with Gasteiger partial charge in [-0.15, -0.1) is 11.3 Å². The van der Waals surface area contributed by atoms with Gasteiger partial charge in [-0.25, -0.2) is 0 Å². The lowest BCUT2D eigenvalue weighted by atomic mass is 10.3. The number of carbonyl (C=O) groups is 1. The SMILES string of the molecule is CC=CC(=O)c1ccc(Br)s1. The molecule has 0 radical (unpaired) electrons. The number of hydrogen-bond acceptors (Lipinski definition) is 2. The van der Waals surface area contributed by atoms with Crippen LogP contribution in [0.3, 0.4) is 0 Å². The highest BCUT2D eigenvalue weighted by Gasteiger charge is 2.03. The van der Waals surface area contributed by atoms with Gasteiger partial charge in [-0.1, -0.05) is 6.08 Å². The van der Waals surface area contributed by atoms with Crippen molar-refractivity contribution in [3.8, 4) is 0 Å². The molecule has 1 nitrogen and oxygen atoms in total. The molecule has 0 aliphatic rings. The summed E-state index contributed by atoms with van der Waals surface area (Å²) in [6, 6.07) is 3.69. The third-order valence-corrected chi connectivity index (χ3v) is 2.77. The molecule has 3 heteroatoms. The van der Waals surface area contributed by atoms with Crippen LogP contribution >= 0.6 is 27.3 Å². The highest BCUT2D eigenvalue weighted by Crippen LogP contribution is 2.22. The molecule has 0 N–H and O–H groups in total. The van der Waals surface area contributed by atoms with E-state index >= 15 is 0 Å². The molecule has 0 aromatic carbocycles. The molecule has 11 heavy (non-hydrogen) atoms. The normalized spacial score (nSPS) is 10.7. The van der Waals surface area contributed by atoms with Gasteiger partial charge in [-0.2, -0.15) is 0 Å². The molecule has 0 fully saturated rings. The van der Waals surface area contributed by atoms with Crippen LogP contribution in [-0.4, -0.2) is 5.78 Å². The second-order valence-corrected chi connectivity index (χ2v) is 4.43. The van der Waals surface area contributed by atoms with Crippen molar-refractivity contribution in [3.05, 3.63) is 32.9 Å². The molecule has 1 aromatic rings. The van der Waals surface area contributed by atoms with Crippen molar-refractivity contribution in [2.24, 2.45) is 0 Å². The standard InChI is InChI=1S/C8H7BrOS/c1-2-3-6(10)7-4-5-8(9)11-7/h2-5H,1H3. The summed E-state index contributed by atoms with van der Waals surface area (Å²) in [7, 11) is 0. The van der Waals surface area contributed by atoms with E-state index < -0.39 is 0 Å². The lowest BCUT2D eigenvalue weighted by molar-refractivity contribution is 0.105. The fraction of sp³-hybridized carbons (Fsp3) is 0.125. The van der Waals surface area contributed by atoms with E-state index in [0.717, 1.165) is 8.66 Å². The number of ketones is 1. The van der Waals surface area contributed by atoms with Crippen molar-refractivity contribution in [3.63, 3.8) is 0 Å². The summed E-state index contributed by atoms with van der Waals surface area (Å²) in [5, 5.41) is 0. The molecule has 0 saturated heterocycles. The summed E-state index contributed by atoms with van der Waals surface area (Å²) >= 11 is 4.75. The maximum absolute atomic E-state index is 11.2. The molecule has 0 saturated carbocycles. The fourth-order valence-corrected chi connectivity index (χ4v) is 1.99. The van der Waals surface area contributed by atoms with Gasteiger partial charge in [0.1, 0.15) is 0 Å². The van der Waals surface area contributed by atoms with Crippen LogP contribution in [0.2, 0.25) is 0 Å². The molecule has 1 heterocycles. The molecule has 0 amide bonds. The van der Waals surface area contributed by atoms with Crippen LogP contribution in [0.25, 0.3) is 0 Å². The average molecular weight is 231 g/mol. The maximum atomic E-state index is 11.2. The summed E-state index contributed by atoms with van der Waals surface area (Å²) in [5.41, 5.74) is 0. The third-order valence-electron chi connectivity index (χ3n) is 1.13. The molecule has 0 bridgehead atoms. The summed E-state index contributed by atoms with van der Waals surface area (Å²) < 4.78 is 0.991. The third kappa shape index (κ3) is 2.27. The van der Waals surface area contributed by atoms with Gasteiger partial charge in [0.05, 0.1) is 8.66 Å². The van der Waals surface area contributed by atoms with E-state index in [0.29, 0.717) is 0 Å². The first-order valence-corrected chi connectivity index (χ1v) is 4.77. The first-order chi connectivity index (χ1) is 5.24. The molecule has 1 aromatic heterocycles. The lowest BCUT2D eigenvalue weighted by Gasteiger charge is -1.84. The van der Waals surface area contributed by atoms with Gasteiger partial charge in [-0.3, -0.25) is 4.79 Å². The van der Waals surface area contributed by atoms with E-state index in [9.17, 15) is 4.79 Å². The lowest BCUT2D eigenvalue weighted by Crippen LogP contribution is -1.87. The molecule has 0 aliphatic carbocycles. The first-order valence-electron chi connectivity index (χ1n) is 3.16. The zero-order valence-electron chi connectivity index (χ0n) is 6.00. The Morgan fingerprint density at radius 1 is 1.64 bits per heavy atom. The van der Waals surface area contributed by atoms with E-state index in [1.54, 1.807) is 12.2 Å². The van der Waals surface area contributed by atoms with Gasteiger partial charge < -0.3 is 0 Å². The minimum absolute atomic E-state index is 0.0724. The van der Waals surface area contributed by atoms with Crippen molar-refractivity contribution in [1.29, 1.82) is 0 Å². The zero-order chi connectivity index (χ0) is 8.27. The molecule has 0 atom stereocenters. The van der Waals surface area contributed by atoms with Crippen LogP contribution < -0.4 is 0 Å². The Labute approximate surface area is 77.9 Å². The van der Waals surface area contributed by atoms with Crippen molar-refractivity contribution < 1.29 is 4.79 Å². The summed E-state index contributed by atoms with van der Waals surface area (Å²) in [4.78, 5) is 11.9. The van der Waals surface area contributed by atoms with E-state index in [-0.39, 0.29) is 5.78 Å². The second kappa shape index (κ2) is 3.83. The van der Waals surface area contributed by atoms with Crippen molar-refractivity contribution in [2.75, 3.05) is 0 Å². The molecular formula is C8H7BrOS. The van der Waals surface area contributed by atoms with E-state index in [1.165, 1.54) is 11.3 Å². The van der Waals surface area contributed by atoms with Gasteiger partial charge in [-0.05, 0) is 41.1 Å². The highest BCUT2D eigenvalue weighted by molar-refractivity contribution is 9.11. The first kappa shape index (κ1) is 8.68. The van der Waals surface area contributed by atoms with Gasteiger partial charge in [0.2, 0.25) is 0 Å². The fourth-order valence-electron chi connectivity index (χ4n) is 0.680. The Morgan fingerprint density at radius 2 is 2.36 bits per heavy atom. The number of rotatable bonds is 2. The Kier molecular flexibility index (Phi) is 3.02. The molecule has 0 aliphatic heterocycles. The molecule has 0 unspecified atom stereocenters. The number of hydrogen-bond donors (Lipinski definition) is 0. The van der Waals surface area contributed by atoms with Crippen molar-refractivity contribution >= 4 is 33.0 Å². The smallest absolute Gasteiger partial charge is 0.195 e. The van der Waals surface area contributed by atoms with Gasteiger partial charge in [0.15, 0.2) is 5.78 Å². The van der Waals surface area contributed by atoms with Crippen molar-refractivity contribution in [2.45, 2.75) is 6.92 Å². The average Bonchev–Trinajstić information content (AvgIpc) is 2.36. The minimum Gasteiger partial charge on any atom is -0.288 e. The van der Waals surface area contributed by atoms with Crippen LogP contribution in [0, 0.1) is 0 Å². The van der Waals surface area contributed by atoms with Crippen LogP contribution in [0.1, 0.15) is 16.6 Å². The summed E-state index contributed by atoms with van der Waals surface area (Å²) in [5.74, 6) is 0.0724. The molecule has 58 valence electrons. The molecular weight excluding hydrogens is 224 g/mol. The monoisotopic (exact) mass is 230 g/mol. The van der Waals surface area contributed by atoms with Crippen LogP contribution in [0.4, 0.5) is 0 Å². The van der Waals surface area contributed by atoms with Crippen LogP contribution in [0.5, 0.6) is 0 Å². The predicted octanol–water partition coefficient (Wildman–Crippen LogP) is 3.27. The second-order valence-electron chi connectivity index (χ2n) is 1.97. The zero-order valence-corrected chi connectivity index (χ0v) is 8.41. The van der Waals surface area contributed by atoms with Crippen molar-refractivity contribution in [1.82, 2.24) is 0 Å². The largest absolute Gasteiger partial charge is 0.288 e. The minimum atomic E-state index is 0.0724. The number of halogens is 1. The predicted molar refractivity (Wildman–Crippen MR) is 51.2 cm³/mol. The summed E-state index contributed by atoms with van der Waals surface area (Å²) in [6.45, 7) is 1.83. The van der Waals surface area contributed by atoms with E-state index in [2.05, 4.69) is 15.9 Å². The summed E-state index contributed by atoms with van der Waals surface area (Å²) in [6.07, 6.45) is 3.31. The van der Waals surface area contributed by atoms with E-state index in [1.807, 2.05) is 19.1 Å². The topological polar surface area (TPSA) is 17.1 Å². The molecule has 1 rings (SSSR count). The van der Waals surface area contributed by atoms with Crippen LogP contribution in [0.15, 0.2) is 28.1 Å². The number of carbonyl (C=O) groups excluding carboxylic acids is 1. The maximum Gasteiger partial charge on any atom is 0.195 e. The Balaban J connectivity index is 2.85. The van der Waals surface area contributed by atoms with Gasteiger partial charge >= 0.3 is 0 Å². The van der Waals surface area contributed by atoms with Gasteiger partial charge in [0, 0.05) is 0 Å². The quantitative estimate of drug-likeness (QED) is 0.563. The van der Waals surface area contributed by atoms with Crippen LogP contribution in [-0.2, 0) is 0 Å². The van der Waals surface area contributed by atoms with Gasteiger partial charge in [0.25, 0.3) is 0 Å². The number of allylic oxidation sites excluding steroid dienone is 2. The number of thiophene rings is 1. The van der Waals surface area contributed by atoms with E-state index in [4.69, 9.17) is 0 Å². The highest BCUT2D eigenvalue weighted by atomic mass is 79.9.